The van der Waals surface area contributed by atoms with Crippen LogP contribution in [0.25, 0.3) is 5.57 Å². The molecule has 0 spiro atoms. The number of likely N-dealkylation sites (N-methyl/N-ethyl adjacent to an activating group) is 1. The van der Waals surface area contributed by atoms with Crippen molar-refractivity contribution in [2.24, 2.45) is 15.9 Å². The average molecular weight is 697 g/mol. The first kappa shape index (κ1) is 38.1. The first-order valence-corrected chi connectivity index (χ1v) is 18.9. The average Bonchev–Trinajstić information content (AvgIpc) is 3.59. The van der Waals surface area contributed by atoms with Gasteiger partial charge >= 0.3 is 0 Å². The van der Waals surface area contributed by atoms with Crippen molar-refractivity contribution in [1.29, 1.82) is 0 Å². The Bertz CT molecular complexity index is 1480. The molecule has 1 unspecified atom stereocenters. The van der Waals surface area contributed by atoms with E-state index in [-0.39, 0.29) is 22.9 Å². The highest BCUT2D eigenvalue weighted by molar-refractivity contribution is 8.00. The third-order valence-electron chi connectivity index (χ3n) is 9.85. The topological polar surface area (TPSA) is 72.3 Å². The highest BCUT2D eigenvalue weighted by Crippen LogP contribution is 2.34. The molecule has 0 aromatic heterocycles. The van der Waals surface area contributed by atoms with E-state index >= 15 is 4.39 Å². The van der Waals surface area contributed by atoms with E-state index in [0.717, 1.165) is 104 Å². The molecule has 1 amide bonds. The summed E-state index contributed by atoms with van der Waals surface area (Å²) in [7, 11) is 3.99. The molecule has 2 aliphatic heterocycles. The molecule has 1 atom stereocenters. The summed E-state index contributed by atoms with van der Waals surface area (Å²) in [5.41, 5.74) is 5.95. The molecule has 2 saturated heterocycles. The summed E-state index contributed by atoms with van der Waals surface area (Å²) in [5.74, 6) is 1.23. The maximum Gasteiger partial charge on any atom is 0.228 e. The van der Waals surface area contributed by atoms with E-state index in [0.29, 0.717) is 22.4 Å². The Balaban J connectivity index is 1.67. The normalized spacial score (nSPS) is 24.4. The van der Waals surface area contributed by atoms with Gasteiger partial charge in [0.1, 0.15) is 11.6 Å². The summed E-state index contributed by atoms with van der Waals surface area (Å²) in [4.78, 5) is 27.7. The first-order chi connectivity index (χ1) is 23.1. The summed E-state index contributed by atoms with van der Waals surface area (Å²) in [6.07, 6.45) is 11.1. The third-order valence-corrected chi connectivity index (χ3v) is 11.5. The Hall–Kier alpha value is -2.72. The van der Waals surface area contributed by atoms with E-state index in [2.05, 4.69) is 53.2 Å². The van der Waals surface area contributed by atoms with Crippen molar-refractivity contribution in [1.82, 2.24) is 20.4 Å². The summed E-state index contributed by atoms with van der Waals surface area (Å²) < 4.78 is 15.4. The minimum atomic E-state index is -0.323. The van der Waals surface area contributed by atoms with E-state index < -0.39 is 0 Å². The number of piperazine rings is 1. The van der Waals surface area contributed by atoms with Crippen LogP contribution in [0.15, 0.2) is 68.7 Å². The Kier molecular flexibility index (Phi) is 14.5. The molecule has 262 valence electrons. The molecule has 7 nitrogen and oxygen atoms in total. The van der Waals surface area contributed by atoms with Gasteiger partial charge in [0.25, 0.3) is 0 Å². The monoisotopic (exact) mass is 696 g/mol. The molecule has 3 fully saturated rings. The van der Waals surface area contributed by atoms with E-state index in [1.807, 2.05) is 44.8 Å². The van der Waals surface area contributed by atoms with Gasteiger partial charge in [0.15, 0.2) is 0 Å². The molecule has 2 N–H and O–H groups in total. The number of nitrogens with one attached hydrogen (secondary N) is 2. The molecule has 48 heavy (non-hydrogen) atoms. The predicted molar refractivity (Wildman–Crippen MR) is 203 cm³/mol. The lowest BCUT2D eigenvalue weighted by Gasteiger charge is -2.45. The molecular formula is C38H54ClFN6OS. The van der Waals surface area contributed by atoms with Crippen molar-refractivity contribution < 1.29 is 9.18 Å². The standard InChI is InChI=1S/C38H54ClFN6OS/c1-8-25(4)30(31-22-28(39)13-14-32(31)40)23-34(37(41-6)35-12-11-19-48-35)43-33(26(5)9-2)24-36(42-10-3)44-38(47)27-20-29(21-27)46-17-15-45(7)16-18-46/h10,13-14,22-24,27,29,35,43H,8-9,11-12,15-21H2,1-7H3,(H,44,47)/b30-25-,33-26-,34-23+,36-24+,41-37?,42-10-. The third kappa shape index (κ3) is 9.93. The van der Waals surface area contributed by atoms with E-state index in [4.69, 9.17) is 16.6 Å². The fraction of sp³-hybridized carbons (Fsp3) is 0.553. The Morgan fingerprint density at radius 3 is 2.40 bits per heavy atom. The van der Waals surface area contributed by atoms with Crippen LogP contribution in [0.4, 0.5) is 4.39 Å². The molecule has 4 rings (SSSR count). The number of rotatable bonds is 13. The lowest BCUT2D eigenvalue weighted by Crippen LogP contribution is -2.55. The number of carbonyl (C=O) groups is 1. The Morgan fingerprint density at radius 2 is 1.79 bits per heavy atom. The summed E-state index contributed by atoms with van der Waals surface area (Å²) in [6.45, 7) is 14.4. The largest absolute Gasteiger partial charge is 0.354 e. The fourth-order valence-corrected chi connectivity index (χ4v) is 7.89. The highest BCUT2D eigenvalue weighted by Gasteiger charge is 2.38. The van der Waals surface area contributed by atoms with Gasteiger partial charge < -0.3 is 15.5 Å². The van der Waals surface area contributed by atoms with Crippen LogP contribution in [0.1, 0.15) is 78.7 Å². The second-order valence-electron chi connectivity index (χ2n) is 13.1. The number of aliphatic imine (C=N–C) groups is 2. The number of benzene rings is 1. The summed E-state index contributed by atoms with van der Waals surface area (Å²) >= 11 is 8.28. The molecule has 10 heteroatoms. The number of hydrogen-bond acceptors (Lipinski definition) is 7. The maximum absolute atomic E-state index is 15.4. The molecule has 1 saturated carbocycles. The van der Waals surface area contributed by atoms with Crippen LogP contribution in [-0.2, 0) is 4.79 Å². The van der Waals surface area contributed by atoms with Crippen molar-refractivity contribution in [2.45, 2.75) is 84.4 Å². The van der Waals surface area contributed by atoms with Crippen molar-refractivity contribution in [3.63, 3.8) is 0 Å². The van der Waals surface area contributed by atoms with Crippen LogP contribution < -0.4 is 10.6 Å². The van der Waals surface area contributed by atoms with Gasteiger partial charge in [0.05, 0.1) is 11.4 Å². The van der Waals surface area contributed by atoms with Gasteiger partial charge in [-0.25, -0.2) is 9.38 Å². The van der Waals surface area contributed by atoms with Gasteiger partial charge in [-0.05, 0) is 108 Å². The molecule has 1 aliphatic carbocycles. The molecule has 3 aliphatic rings. The number of thioether (sulfide) groups is 1. The second-order valence-corrected chi connectivity index (χ2v) is 14.8. The lowest BCUT2D eigenvalue weighted by atomic mass is 9.78. The maximum atomic E-state index is 15.4. The smallest absolute Gasteiger partial charge is 0.228 e. The zero-order valence-corrected chi connectivity index (χ0v) is 31.4. The Morgan fingerprint density at radius 1 is 1.08 bits per heavy atom. The van der Waals surface area contributed by atoms with Crippen LogP contribution >= 0.6 is 23.4 Å². The van der Waals surface area contributed by atoms with Crippen LogP contribution in [0.2, 0.25) is 5.02 Å². The summed E-state index contributed by atoms with van der Waals surface area (Å²) in [5, 5.41) is 7.55. The van der Waals surface area contributed by atoms with Crippen molar-refractivity contribution in [3.8, 4) is 0 Å². The zero-order valence-electron chi connectivity index (χ0n) is 29.8. The quantitative estimate of drug-likeness (QED) is 0.162. The second kappa shape index (κ2) is 18.3. The van der Waals surface area contributed by atoms with E-state index in [1.165, 1.54) is 6.07 Å². The number of carbonyl (C=O) groups excluding carboxylic acids is 1. The molecule has 2 heterocycles. The number of halogens is 2. The van der Waals surface area contributed by atoms with Gasteiger partial charge in [-0.2, -0.15) is 11.8 Å². The van der Waals surface area contributed by atoms with Gasteiger partial charge in [0.2, 0.25) is 5.91 Å². The zero-order chi connectivity index (χ0) is 34.8. The van der Waals surface area contributed by atoms with Crippen LogP contribution in [0.3, 0.4) is 0 Å². The SMILES string of the molecule is C\C=N/C(=C\C(N/C(=C/C(=C(\C)CC)c1cc(Cl)ccc1F)C(=NC)C1CCCS1)=C(/C)CC)NC(=O)C1CC(N2CCN(C)CC2)C1. The fourth-order valence-electron chi connectivity index (χ4n) is 6.37. The van der Waals surface area contributed by atoms with E-state index in [9.17, 15) is 4.79 Å². The van der Waals surface area contributed by atoms with Crippen LogP contribution in [0.5, 0.6) is 0 Å². The number of allylic oxidation sites excluding steroid dienone is 6. The predicted octanol–water partition coefficient (Wildman–Crippen LogP) is 7.86. The van der Waals surface area contributed by atoms with Crippen LogP contribution in [0, 0.1) is 11.7 Å². The number of amides is 1. The lowest BCUT2D eigenvalue weighted by molar-refractivity contribution is -0.129. The van der Waals surface area contributed by atoms with Crippen molar-refractivity contribution in [2.75, 3.05) is 46.0 Å². The molecule has 0 radical (unpaired) electrons. The van der Waals surface area contributed by atoms with Gasteiger partial charge in [0, 0.05) is 79.0 Å². The van der Waals surface area contributed by atoms with Crippen molar-refractivity contribution in [3.05, 3.63) is 75.1 Å². The van der Waals surface area contributed by atoms with E-state index in [1.54, 1.807) is 18.3 Å². The molecular weight excluding hydrogens is 643 g/mol. The highest BCUT2D eigenvalue weighted by atomic mass is 35.5. The molecule has 1 aromatic carbocycles. The Labute approximate surface area is 296 Å². The summed E-state index contributed by atoms with van der Waals surface area (Å²) in [6, 6.07) is 5.17. The van der Waals surface area contributed by atoms with Gasteiger partial charge in [-0.3, -0.25) is 14.7 Å². The number of nitrogens with zero attached hydrogens (tertiary/aromatic N) is 4. The van der Waals surface area contributed by atoms with Crippen molar-refractivity contribution >= 4 is 46.8 Å². The minimum Gasteiger partial charge on any atom is -0.354 e. The number of hydrogen-bond donors (Lipinski definition) is 2. The van der Waals surface area contributed by atoms with Gasteiger partial charge in [-0.15, -0.1) is 0 Å². The first-order valence-electron chi connectivity index (χ1n) is 17.4. The minimum absolute atomic E-state index is 0.0138. The van der Waals surface area contributed by atoms with Crippen LogP contribution in [-0.4, -0.2) is 85.0 Å². The molecule has 1 aromatic rings. The van der Waals surface area contributed by atoms with Gasteiger partial charge in [-0.1, -0.05) is 31.0 Å². The molecule has 0 bridgehead atoms.